The molecule has 0 radical (unpaired) electrons. The van der Waals surface area contributed by atoms with Crippen molar-refractivity contribution in [2.75, 3.05) is 7.05 Å². The molecule has 0 fully saturated rings. The predicted molar refractivity (Wildman–Crippen MR) is 69.9 cm³/mol. The second kappa shape index (κ2) is 5.31. The van der Waals surface area contributed by atoms with E-state index >= 15 is 0 Å². The Morgan fingerprint density at radius 2 is 2.22 bits per heavy atom. The number of hydrogen-bond donors (Lipinski definition) is 1. The van der Waals surface area contributed by atoms with Crippen LogP contribution in [0.4, 0.5) is 4.39 Å². The minimum Gasteiger partial charge on any atom is -0.338 e. The van der Waals surface area contributed by atoms with Gasteiger partial charge in [-0.05, 0) is 37.2 Å². The SMILES string of the molecule is CNC(C)c1ccc(F)cc1Cc1nccn1C. The highest BCUT2D eigenvalue weighted by atomic mass is 19.1. The molecular formula is C14H18FN3. The Balaban J connectivity index is 2.36. The Kier molecular flexibility index (Phi) is 3.77. The van der Waals surface area contributed by atoms with Gasteiger partial charge >= 0.3 is 0 Å². The average molecular weight is 247 g/mol. The third kappa shape index (κ3) is 2.59. The maximum absolute atomic E-state index is 13.4. The van der Waals surface area contributed by atoms with Gasteiger partial charge in [0.2, 0.25) is 0 Å². The van der Waals surface area contributed by atoms with Crippen molar-refractivity contribution in [2.24, 2.45) is 7.05 Å². The van der Waals surface area contributed by atoms with Crippen LogP contribution in [0.25, 0.3) is 0 Å². The molecule has 1 N–H and O–H groups in total. The Hall–Kier alpha value is -1.68. The van der Waals surface area contributed by atoms with E-state index in [-0.39, 0.29) is 11.9 Å². The van der Waals surface area contributed by atoms with E-state index < -0.39 is 0 Å². The van der Waals surface area contributed by atoms with Gasteiger partial charge in [0.25, 0.3) is 0 Å². The monoisotopic (exact) mass is 247 g/mol. The maximum Gasteiger partial charge on any atom is 0.123 e. The molecule has 3 nitrogen and oxygen atoms in total. The van der Waals surface area contributed by atoms with Gasteiger partial charge in [-0.2, -0.15) is 0 Å². The number of hydrogen-bond acceptors (Lipinski definition) is 2. The topological polar surface area (TPSA) is 29.9 Å². The molecule has 0 saturated heterocycles. The molecule has 0 amide bonds. The van der Waals surface area contributed by atoms with Crippen molar-refractivity contribution >= 4 is 0 Å². The van der Waals surface area contributed by atoms with Crippen molar-refractivity contribution in [3.8, 4) is 0 Å². The van der Waals surface area contributed by atoms with Crippen molar-refractivity contribution in [1.82, 2.24) is 14.9 Å². The van der Waals surface area contributed by atoms with Crippen LogP contribution in [0.3, 0.4) is 0 Å². The van der Waals surface area contributed by atoms with Gasteiger partial charge in [0.05, 0.1) is 0 Å². The second-order valence-electron chi connectivity index (χ2n) is 4.48. The number of aromatic nitrogens is 2. The molecule has 96 valence electrons. The normalized spacial score (nSPS) is 12.7. The number of imidazole rings is 1. The van der Waals surface area contributed by atoms with Gasteiger partial charge in [-0.3, -0.25) is 0 Å². The first-order chi connectivity index (χ1) is 8.61. The van der Waals surface area contributed by atoms with Crippen molar-refractivity contribution < 1.29 is 4.39 Å². The lowest BCUT2D eigenvalue weighted by Crippen LogP contribution is -2.15. The van der Waals surface area contributed by atoms with Gasteiger partial charge in [-0.25, -0.2) is 9.37 Å². The lowest BCUT2D eigenvalue weighted by molar-refractivity contribution is 0.612. The molecule has 0 aliphatic rings. The van der Waals surface area contributed by atoms with E-state index in [1.54, 1.807) is 12.3 Å². The van der Waals surface area contributed by atoms with Crippen LogP contribution in [0, 0.1) is 5.82 Å². The van der Waals surface area contributed by atoms with E-state index in [9.17, 15) is 4.39 Å². The smallest absolute Gasteiger partial charge is 0.123 e. The van der Waals surface area contributed by atoms with Crippen molar-refractivity contribution in [1.29, 1.82) is 0 Å². The van der Waals surface area contributed by atoms with Crippen molar-refractivity contribution in [3.63, 3.8) is 0 Å². The summed E-state index contributed by atoms with van der Waals surface area (Å²) in [6.07, 6.45) is 4.30. The van der Waals surface area contributed by atoms with E-state index in [0.717, 1.165) is 17.0 Å². The van der Waals surface area contributed by atoms with E-state index in [1.807, 2.05) is 30.9 Å². The first-order valence-electron chi connectivity index (χ1n) is 6.03. The lowest BCUT2D eigenvalue weighted by atomic mass is 9.98. The summed E-state index contributed by atoms with van der Waals surface area (Å²) in [6.45, 7) is 2.06. The van der Waals surface area contributed by atoms with Gasteiger partial charge < -0.3 is 9.88 Å². The van der Waals surface area contributed by atoms with Gasteiger partial charge in [0.1, 0.15) is 11.6 Å². The average Bonchev–Trinajstić information content (AvgIpc) is 2.74. The molecule has 0 aliphatic heterocycles. The fourth-order valence-electron chi connectivity index (χ4n) is 2.04. The third-order valence-corrected chi connectivity index (χ3v) is 3.27. The zero-order chi connectivity index (χ0) is 13.1. The molecular weight excluding hydrogens is 229 g/mol. The van der Waals surface area contributed by atoms with Gasteiger partial charge in [0.15, 0.2) is 0 Å². The third-order valence-electron chi connectivity index (χ3n) is 3.27. The van der Waals surface area contributed by atoms with Crippen LogP contribution in [-0.2, 0) is 13.5 Å². The zero-order valence-corrected chi connectivity index (χ0v) is 10.9. The number of nitrogens with one attached hydrogen (secondary N) is 1. The highest BCUT2D eigenvalue weighted by molar-refractivity contribution is 5.32. The van der Waals surface area contributed by atoms with Gasteiger partial charge in [0, 0.05) is 31.9 Å². The molecule has 1 aromatic heterocycles. The molecule has 18 heavy (non-hydrogen) atoms. The van der Waals surface area contributed by atoms with Crippen molar-refractivity contribution in [2.45, 2.75) is 19.4 Å². The molecule has 0 spiro atoms. The molecule has 2 aromatic rings. The van der Waals surface area contributed by atoms with E-state index in [4.69, 9.17) is 0 Å². The Morgan fingerprint density at radius 1 is 1.44 bits per heavy atom. The minimum atomic E-state index is -0.203. The molecule has 0 aliphatic carbocycles. The van der Waals surface area contributed by atoms with Crippen LogP contribution in [-0.4, -0.2) is 16.6 Å². The standard InChI is InChI=1S/C14H18FN3/c1-10(16-2)13-5-4-12(15)8-11(13)9-14-17-6-7-18(14)3/h4-8,10,16H,9H2,1-3H3. The summed E-state index contributed by atoms with van der Waals surface area (Å²) in [5, 5.41) is 3.19. The first kappa shape index (κ1) is 12.8. The van der Waals surface area contributed by atoms with Crippen molar-refractivity contribution in [3.05, 3.63) is 53.4 Å². The predicted octanol–water partition coefficient (Wildman–Crippen LogP) is 2.43. The van der Waals surface area contributed by atoms with E-state index in [1.165, 1.54) is 6.07 Å². The molecule has 0 bridgehead atoms. The number of benzene rings is 1. The summed E-state index contributed by atoms with van der Waals surface area (Å²) < 4.78 is 15.4. The first-order valence-corrected chi connectivity index (χ1v) is 6.03. The molecule has 0 saturated carbocycles. The molecule has 2 rings (SSSR count). The summed E-state index contributed by atoms with van der Waals surface area (Å²) in [7, 11) is 3.85. The van der Waals surface area contributed by atoms with Gasteiger partial charge in [-0.15, -0.1) is 0 Å². The van der Waals surface area contributed by atoms with Crippen LogP contribution in [0.2, 0.25) is 0 Å². The Bertz CT molecular complexity index is 534. The van der Waals surface area contributed by atoms with Crippen LogP contribution in [0.5, 0.6) is 0 Å². The van der Waals surface area contributed by atoms with Crippen LogP contribution >= 0.6 is 0 Å². The summed E-state index contributed by atoms with van der Waals surface area (Å²) in [5.41, 5.74) is 2.09. The second-order valence-corrected chi connectivity index (χ2v) is 4.48. The van der Waals surface area contributed by atoms with Crippen LogP contribution in [0.15, 0.2) is 30.6 Å². The summed E-state index contributed by atoms with van der Waals surface area (Å²) in [5.74, 6) is 0.733. The molecule has 1 heterocycles. The van der Waals surface area contributed by atoms with E-state index in [2.05, 4.69) is 17.2 Å². The highest BCUT2D eigenvalue weighted by Gasteiger charge is 2.12. The van der Waals surface area contributed by atoms with Crippen LogP contribution in [0.1, 0.15) is 29.9 Å². The number of halogens is 1. The quantitative estimate of drug-likeness (QED) is 0.899. The van der Waals surface area contributed by atoms with Crippen LogP contribution < -0.4 is 5.32 Å². The molecule has 1 atom stereocenters. The largest absolute Gasteiger partial charge is 0.338 e. The Morgan fingerprint density at radius 3 is 2.83 bits per heavy atom. The molecule has 1 unspecified atom stereocenters. The minimum absolute atomic E-state index is 0.195. The number of rotatable bonds is 4. The summed E-state index contributed by atoms with van der Waals surface area (Å²) >= 11 is 0. The van der Waals surface area contributed by atoms with E-state index in [0.29, 0.717) is 6.42 Å². The summed E-state index contributed by atoms with van der Waals surface area (Å²) in [4.78, 5) is 4.29. The highest BCUT2D eigenvalue weighted by Crippen LogP contribution is 2.21. The fourth-order valence-corrected chi connectivity index (χ4v) is 2.04. The zero-order valence-electron chi connectivity index (χ0n) is 10.9. The lowest BCUT2D eigenvalue weighted by Gasteiger charge is -2.16. The fraction of sp³-hybridized carbons (Fsp3) is 0.357. The number of nitrogens with zero attached hydrogens (tertiary/aromatic N) is 2. The number of aryl methyl sites for hydroxylation is 1. The van der Waals surface area contributed by atoms with Gasteiger partial charge in [-0.1, -0.05) is 6.07 Å². The Labute approximate surface area is 107 Å². The molecule has 4 heteroatoms. The molecule has 1 aromatic carbocycles. The summed E-state index contributed by atoms with van der Waals surface area (Å²) in [6, 6.07) is 5.14. The maximum atomic E-state index is 13.4.